The van der Waals surface area contributed by atoms with E-state index in [2.05, 4.69) is 258 Å². The number of hydrogen-bond donors (Lipinski definition) is 0. The largest absolute Gasteiger partial charge is 0.309 e. The molecule has 0 aliphatic rings. The zero-order chi connectivity index (χ0) is 45.6. The lowest BCUT2D eigenvalue weighted by Gasteiger charge is -2.11. The van der Waals surface area contributed by atoms with Crippen LogP contribution in [0, 0.1) is 0 Å². The van der Waals surface area contributed by atoms with E-state index in [1.54, 1.807) is 0 Å². The van der Waals surface area contributed by atoms with Crippen molar-refractivity contribution in [1.82, 2.24) is 37.0 Å². The van der Waals surface area contributed by atoms with E-state index in [1.165, 1.54) is 38.0 Å². The molecule has 0 spiro atoms. The highest BCUT2D eigenvalue weighted by Crippen LogP contribution is 2.40. The lowest BCUT2D eigenvalue weighted by molar-refractivity contribution is 1.03. The molecule has 6 aromatic heterocycles. The molecule has 0 unspecified atom stereocenters. The number of nitrogens with zero attached hydrogens (tertiary/aromatic N) is 8. The van der Waals surface area contributed by atoms with Crippen LogP contribution < -0.4 is 0 Å². The number of aromatic nitrogens is 8. The molecule has 0 aliphatic carbocycles. The van der Waals surface area contributed by atoms with Crippen molar-refractivity contribution in [1.29, 1.82) is 0 Å². The molecule has 0 fully saturated rings. The first-order chi connectivity index (χ1) is 34.7. The van der Waals surface area contributed by atoms with Gasteiger partial charge in [0.2, 0.25) is 11.6 Å². The highest BCUT2D eigenvalue weighted by atomic mass is 15.3. The van der Waals surface area contributed by atoms with Crippen LogP contribution in [0.4, 0.5) is 0 Å². The highest BCUT2D eigenvalue weighted by Gasteiger charge is 2.23. The minimum Gasteiger partial charge on any atom is -0.309 e. The average molecular weight is 895 g/mol. The minimum absolute atomic E-state index is 0.762. The van der Waals surface area contributed by atoms with Gasteiger partial charge in [-0.2, -0.15) is 0 Å². The first-order valence-corrected chi connectivity index (χ1v) is 23.8. The fraction of sp³-hybridized carbons (Fsp3) is 0. The number of rotatable bonds is 4. The predicted octanol–water partition coefficient (Wildman–Crippen LogP) is 15.1. The van der Waals surface area contributed by atoms with Crippen molar-refractivity contribution >= 4 is 110 Å². The number of imidazole rings is 2. The van der Waals surface area contributed by atoms with E-state index >= 15 is 0 Å². The first-order valence-electron chi connectivity index (χ1n) is 23.8. The summed E-state index contributed by atoms with van der Waals surface area (Å²) in [5.74, 6) is 1.53. The summed E-state index contributed by atoms with van der Waals surface area (Å²) in [5.41, 5.74) is 17.1. The quantitative estimate of drug-likeness (QED) is 0.177. The van der Waals surface area contributed by atoms with Crippen LogP contribution in [0.15, 0.2) is 231 Å². The van der Waals surface area contributed by atoms with Gasteiger partial charge in [-0.3, -0.25) is 8.80 Å². The fourth-order valence-corrected chi connectivity index (χ4v) is 11.7. The Kier molecular flexibility index (Phi) is 7.46. The third-order valence-corrected chi connectivity index (χ3v) is 14.6. The summed E-state index contributed by atoms with van der Waals surface area (Å²) in [6.45, 7) is 0. The number of hydrogen-bond acceptors (Lipinski definition) is 2. The van der Waals surface area contributed by atoms with Crippen LogP contribution in [0.1, 0.15) is 0 Å². The molecule has 0 radical (unpaired) electrons. The van der Waals surface area contributed by atoms with Gasteiger partial charge in [-0.05, 0) is 115 Å². The number of benzene rings is 10. The van der Waals surface area contributed by atoms with E-state index in [4.69, 9.17) is 9.97 Å². The molecule has 0 amide bonds. The van der Waals surface area contributed by atoms with Crippen LogP contribution in [0.5, 0.6) is 0 Å². The Balaban J connectivity index is 1.00. The maximum atomic E-state index is 5.52. The average Bonchev–Trinajstić information content (AvgIpc) is 4.22. The van der Waals surface area contributed by atoms with Gasteiger partial charge in [0.15, 0.2) is 0 Å². The highest BCUT2D eigenvalue weighted by molar-refractivity contribution is 6.13. The summed E-state index contributed by atoms with van der Waals surface area (Å²) in [6, 6.07) is 83.1. The summed E-state index contributed by atoms with van der Waals surface area (Å²) < 4.78 is 14.1. The molecule has 10 aromatic carbocycles. The van der Waals surface area contributed by atoms with Gasteiger partial charge in [-0.1, -0.05) is 115 Å². The molecule has 70 heavy (non-hydrogen) atoms. The summed E-state index contributed by atoms with van der Waals surface area (Å²) in [7, 11) is 0. The summed E-state index contributed by atoms with van der Waals surface area (Å²) in [6.07, 6.45) is 0. The van der Waals surface area contributed by atoms with Crippen LogP contribution in [0.2, 0.25) is 0 Å². The maximum Gasteiger partial charge on any atom is 0.223 e. The SMILES string of the molecule is c1ccc(-n2c3ccccc3c3cc(-n4c5nc6ccccc6n5c5ccc(-n6c7ccccc7c7cc(-n8c9ccccc9c9ccccc98)ccc76)cc5n5c6ccccc6nc45)ccc32)cc1. The second kappa shape index (κ2) is 13.9. The van der Waals surface area contributed by atoms with E-state index in [1.807, 2.05) is 0 Å². The molecule has 6 heterocycles. The van der Waals surface area contributed by atoms with Gasteiger partial charge in [0.05, 0.1) is 71.9 Å². The Bertz CT molecular complexity index is 4850. The predicted molar refractivity (Wildman–Crippen MR) is 288 cm³/mol. The second-order valence-corrected chi connectivity index (χ2v) is 18.3. The molecular weight excluding hydrogens is 857 g/mol. The smallest absolute Gasteiger partial charge is 0.223 e. The van der Waals surface area contributed by atoms with Crippen molar-refractivity contribution in [2.75, 3.05) is 0 Å². The lowest BCUT2D eigenvalue weighted by Crippen LogP contribution is -2.02. The Labute approximate surface area is 398 Å². The van der Waals surface area contributed by atoms with Gasteiger partial charge in [0.25, 0.3) is 0 Å². The summed E-state index contributed by atoms with van der Waals surface area (Å²) in [5, 5.41) is 7.22. The normalized spacial score (nSPS) is 12.3. The summed E-state index contributed by atoms with van der Waals surface area (Å²) in [4.78, 5) is 11.0. The van der Waals surface area contributed by atoms with Crippen molar-refractivity contribution in [3.8, 4) is 22.7 Å². The van der Waals surface area contributed by atoms with E-state index < -0.39 is 0 Å². The fourth-order valence-electron chi connectivity index (χ4n) is 11.7. The second-order valence-electron chi connectivity index (χ2n) is 18.3. The molecule has 0 N–H and O–H groups in total. The molecule has 0 saturated heterocycles. The molecule has 16 aromatic rings. The van der Waals surface area contributed by atoms with E-state index in [9.17, 15) is 0 Å². The molecule has 0 saturated carbocycles. The van der Waals surface area contributed by atoms with Gasteiger partial charge < -0.3 is 13.7 Å². The third-order valence-electron chi connectivity index (χ3n) is 14.6. The van der Waals surface area contributed by atoms with Gasteiger partial charge in [0.1, 0.15) is 0 Å². The topological polar surface area (TPSA) is 54.3 Å². The van der Waals surface area contributed by atoms with Crippen molar-refractivity contribution in [2.24, 2.45) is 0 Å². The Hall–Kier alpha value is -9.66. The van der Waals surface area contributed by atoms with Crippen LogP contribution in [-0.2, 0) is 0 Å². The first kappa shape index (κ1) is 37.4. The number of para-hydroxylation sites is 9. The monoisotopic (exact) mass is 894 g/mol. The van der Waals surface area contributed by atoms with Gasteiger partial charge in [-0.25, -0.2) is 14.5 Å². The summed E-state index contributed by atoms with van der Waals surface area (Å²) >= 11 is 0. The van der Waals surface area contributed by atoms with Crippen LogP contribution in [0.3, 0.4) is 0 Å². The van der Waals surface area contributed by atoms with E-state index in [0.717, 1.165) is 94.9 Å². The van der Waals surface area contributed by atoms with Crippen molar-refractivity contribution in [3.05, 3.63) is 231 Å². The zero-order valence-electron chi connectivity index (χ0n) is 37.5. The van der Waals surface area contributed by atoms with Gasteiger partial charge >= 0.3 is 0 Å². The standard InChI is InChI=1S/C62H38N8/c1-2-16-39(17-3-1)65-53-26-12-6-20-45(53)48-37-41(31-34-55(48)65)68-61-63-49-22-8-14-28-57(49)69(61)59-35-32-42(38-60(59)70-58-29-15-9-23-50(58)64-62(68)70)67-54-27-13-7-21-46(54)47-36-40(30-33-56(47)67)66-51-24-10-4-18-43(51)44-19-5-11-25-52(44)66/h1-38H. The molecule has 0 bridgehead atoms. The Morgan fingerprint density at radius 1 is 0.214 bits per heavy atom. The Morgan fingerprint density at radius 2 is 0.557 bits per heavy atom. The lowest BCUT2D eigenvalue weighted by atomic mass is 10.1. The molecule has 326 valence electrons. The molecule has 16 rings (SSSR count). The third kappa shape index (κ3) is 5.03. The van der Waals surface area contributed by atoms with Crippen LogP contribution in [0.25, 0.3) is 133 Å². The molecule has 8 heteroatoms. The number of fused-ring (bicyclic) bond motifs is 18. The van der Waals surface area contributed by atoms with Gasteiger partial charge in [0, 0.05) is 49.4 Å². The van der Waals surface area contributed by atoms with Crippen molar-refractivity contribution < 1.29 is 0 Å². The molecule has 0 atom stereocenters. The minimum atomic E-state index is 0.762. The Morgan fingerprint density at radius 3 is 1.06 bits per heavy atom. The molecule has 0 aliphatic heterocycles. The van der Waals surface area contributed by atoms with Crippen LogP contribution in [-0.4, -0.2) is 37.0 Å². The van der Waals surface area contributed by atoms with Crippen LogP contribution >= 0.6 is 0 Å². The van der Waals surface area contributed by atoms with Crippen molar-refractivity contribution in [2.45, 2.75) is 0 Å². The maximum absolute atomic E-state index is 5.52. The van der Waals surface area contributed by atoms with Gasteiger partial charge in [-0.15, -0.1) is 0 Å². The molecule has 8 nitrogen and oxygen atoms in total. The van der Waals surface area contributed by atoms with Crippen molar-refractivity contribution in [3.63, 3.8) is 0 Å². The zero-order valence-corrected chi connectivity index (χ0v) is 37.5. The molecular formula is C62H38N8. The van der Waals surface area contributed by atoms with E-state index in [-0.39, 0.29) is 0 Å². The van der Waals surface area contributed by atoms with E-state index in [0.29, 0.717) is 0 Å².